The summed E-state index contributed by atoms with van der Waals surface area (Å²) in [5.41, 5.74) is 13.7. The maximum Gasteiger partial charge on any atom is 0.0828 e. The lowest BCUT2D eigenvalue weighted by atomic mass is 10.1. The molecule has 0 radical (unpaired) electrons. The van der Waals surface area contributed by atoms with Gasteiger partial charge in [-0.05, 0) is 11.1 Å². The molecule has 0 fully saturated rings. The quantitative estimate of drug-likeness (QED) is 0.586. The number of nitrogens with two attached hydrogens (primary N) is 2. The SMILES string of the molecule is CCC.NC1NC(N)c2ccccc21. The molecule has 1 heterocycles. The molecular formula is C11H19N3. The van der Waals surface area contributed by atoms with Crippen LogP contribution in [-0.4, -0.2) is 0 Å². The van der Waals surface area contributed by atoms with Gasteiger partial charge in [-0.3, -0.25) is 5.32 Å². The molecule has 3 heteroatoms. The standard InChI is InChI=1S/C8H11N3.C3H8/c9-7-5-3-1-2-4-6(5)8(10)11-7;1-3-2/h1-4,7-8,11H,9-10H2;3H2,1-2H3. The van der Waals surface area contributed by atoms with Crippen LogP contribution in [0.3, 0.4) is 0 Å². The van der Waals surface area contributed by atoms with E-state index in [1.807, 2.05) is 24.3 Å². The second-order valence-corrected chi connectivity index (χ2v) is 3.46. The molecule has 1 aliphatic heterocycles. The number of benzene rings is 1. The van der Waals surface area contributed by atoms with Crippen LogP contribution in [0.5, 0.6) is 0 Å². The maximum absolute atomic E-state index is 5.75. The molecule has 2 atom stereocenters. The molecule has 14 heavy (non-hydrogen) atoms. The lowest BCUT2D eigenvalue weighted by Gasteiger charge is -2.04. The van der Waals surface area contributed by atoms with Crippen molar-refractivity contribution in [2.45, 2.75) is 32.6 Å². The Balaban J connectivity index is 0.000000293. The fourth-order valence-corrected chi connectivity index (χ4v) is 1.45. The highest BCUT2D eigenvalue weighted by Gasteiger charge is 2.23. The van der Waals surface area contributed by atoms with Crippen molar-refractivity contribution in [3.05, 3.63) is 35.4 Å². The molecule has 5 N–H and O–H groups in total. The van der Waals surface area contributed by atoms with Crippen molar-refractivity contribution in [2.24, 2.45) is 11.5 Å². The van der Waals surface area contributed by atoms with Crippen LogP contribution in [0.15, 0.2) is 24.3 Å². The smallest absolute Gasteiger partial charge is 0.0828 e. The lowest BCUT2D eigenvalue weighted by molar-refractivity contribution is 0.519. The highest BCUT2D eigenvalue weighted by atomic mass is 15.1. The van der Waals surface area contributed by atoms with Crippen LogP contribution in [0.25, 0.3) is 0 Å². The summed E-state index contributed by atoms with van der Waals surface area (Å²) in [6, 6.07) is 7.94. The first kappa shape index (κ1) is 11.2. The zero-order valence-corrected chi connectivity index (χ0v) is 8.83. The Morgan fingerprint density at radius 2 is 1.43 bits per heavy atom. The van der Waals surface area contributed by atoms with Crippen molar-refractivity contribution in [2.75, 3.05) is 0 Å². The van der Waals surface area contributed by atoms with Gasteiger partial charge in [0.25, 0.3) is 0 Å². The van der Waals surface area contributed by atoms with Crippen molar-refractivity contribution in [1.29, 1.82) is 0 Å². The number of hydrogen-bond donors (Lipinski definition) is 3. The van der Waals surface area contributed by atoms with Crippen LogP contribution in [0.4, 0.5) is 0 Å². The van der Waals surface area contributed by atoms with E-state index >= 15 is 0 Å². The van der Waals surface area contributed by atoms with E-state index in [0.717, 1.165) is 11.1 Å². The molecule has 1 aromatic carbocycles. The van der Waals surface area contributed by atoms with E-state index in [2.05, 4.69) is 19.2 Å². The predicted molar refractivity (Wildman–Crippen MR) is 59.4 cm³/mol. The molecule has 78 valence electrons. The molecule has 0 spiro atoms. The second-order valence-electron chi connectivity index (χ2n) is 3.46. The van der Waals surface area contributed by atoms with Crippen molar-refractivity contribution < 1.29 is 0 Å². The first-order chi connectivity index (χ1) is 6.70. The summed E-state index contributed by atoms with van der Waals surface area (Å²) in [6.45, 7) is 4.25. The molecule has 0 saturated carbocycles. The fraction of sp³-hybridized carbons (Fsp3) is 0.455. The van der Waals surface area contributed by atoms with Gasteiger partial charge in [0.05, 0.1) is 12.3 Å². The third kappa shape index (κ3) is 2.32. The van der Waals surface area contributed by atoms with Crippen molar-refractivity contribution in [1.82, 2.24) is 5.32 Å². The summed E-state index contributed by atoms with van der Waals surface area (Å²) in [5.74, 6) is 0. The molecule has 0 aliphatic carbocycles. The first-order valence-electron chi connectivity index (χ1n) is 5.06. The first-order valence-corrected chi connectivity index (χ1v) is 5.06. The minimum absolute atomic E-state index is 0.0961. The van der Waals surface area contributed by atoms with E-state index in [4.69, 9.17) is 11.5 Å². The van der Waals surface area contributed by atoms with Gasteiger partial charge < -0.3 is 11.5 Å². The Hall–Kier alpha value is -0.900. The zero-order chi connectivity index (χ0) is 10.6. The molecule has 1 aliphatic rings. The predicted octanol–water partition coefficient (Wildman–Crippen LogP) is 1.62. The lowest BCUT2D eigenvalue weighted by Crippen LogP contribution is -2.28. The number of rotatable bonds is 0. The average Bonchev–Trinajstić information content (AvgIpc) is 2.45. The van der Waals surface area contributed by atoms with E-state index in [1.165, 1.54) is 6.42 Å². The van der Waals surface area contributed by atoms with Crippen LogP contribution in [0.1, 0.15) is 43.7 Å². The van der Waals surface area contributed by atoms with Crippen molar-refractivity contribution in [3.8, 4) is 0 Å². The second kappa shape index (κ2) is 5.10. The topological polar surface area (TPSA) is 64.1 Å². The molecule has 0 saturated heterocycles. The summed E-state index contributed by atoms with van der Waals surface area (Å²) >= 11 is 0. The molecule has 0 amide bonds. The van der Waals surface area contributed by atoms with E-state index in [-0.39, 0.29) is 12.3 Å². The Morgan fingerprint density at radius 1 is 1.07 bits per heavy atom. The van der Waals surface area contributed by atoms with Crippen molar-refractivity contribution in [3.63, 3.8) is 0 Å². The highest BCUT2D eigenvalue weighted by Crippen LogP contribution is 2.25. The normalized spacial score (nSPS) is 23.7. The monoisotopic (exact) mass is 193 g/mol. The largest absolute Gasteiger partial charge is 0.312 e. The highest BCUT2D eigenvalue weighted by molar-refractivity contribution is 5.35. The average molecular weight is 193 g/mol. The van der Waals surface area contributed by atoms with E-state index in [0.29, 0.717) is 0 Å². The molecular weight excluding hydrogens is 174 g/mol. The Morgan fingerprint density at radius 3 is 1.79 bits per heavy atom. The van der Waals surface area contributed by atoms with Crippen LogP contribution in [0, 0.1) is 0 Å². The summed E-state index contributed by atoms with van der Waals surface area (Å²) in [7, 11) is 0. The molecule has 2 rings (SSSR count). The number of nitrogens with one attached hydrogen (secondary N) is 1. The van der Waals surface area contributed by atoms with Crippen molar-refractivity contribution >= 4 is 0 Å². The zero-order valence-electron chi connectivity index (χ0n) is 8.83. The fourth-order valence-electron chi connectivity index (χ4n) is 1.45. The Labute approximate surface area is 85.5 Å². The van der Waals surface area contributed by atoms with E-state index in [1.54, 1.807) is 0 Å². The van der Waals surface area contributed by atoms with Gasteiger partial charge in [0.1, 0.15) is 0 Å². The van der Waals surface area contributed by atoms with Gasteiger partial charge in [-0.25, -0.2) is 0 Å². The summed E-state index contributed by atoms with van der Waals surface area (Å²) in [4.78, 5) is 0. The summed E-state index contributed by atoms with van der Waals surface area (Å²) in [6.07, 6.45) is 1.06. The summed E-state index contributed by atoms with van der Waals surface area (Å²) < 4.78 is 0. The molecule has 0 aromatic heterocycles. The molecule has 2 unspecified atom stereocenters. The number of hydrogen-bond acceptors (Lipinski definition) is 3. The molecule has 3 nitrogen and oxygen atoms in total. The molecule has 0 bridgehead atoms. The molecule has 1 aromatic rings. The van der Waals surface area contributed by atoms with Gasteiger partial charge in [-0.2, -0.15) is 0 Å². The van der Waals surface area contributed by atoms with Crippen LogP contribution in [0.2, 0.25) is 0 Å². The van der Waals surface area contributed by atoms with E-state index in [9.17, 15) is 0 Å². The van der Waals surface area contributed by atoms with Gasteiger partial charge in [0.15, 0.2) is 0 Å². The minimum atomic E-state index is -0.0961. The van der Waals surface area contributed by atoms with Gasteiger partial charge in [-0.15, -0.1) is 0 Å². The minimum Gasteiger partial charge on any atom is -0.312 e. The van der Waals surface area contributed by atoms with Crippen LogP contribution in [-0.2, 0) is 0 Å². The third-order valence-corrected chi connectivity index (χ3v) is 2.03. The summed E-state index contributed by atoms with van der Waals surface area (Å²) in [5, 5.41) is 3.04. The van der Waals surface area contributed by atoms with Gasteiger partial charge in [0.2, 0.25) is 0 Å². The Kier molecular flexibility index (Phi) is 4.07. The Bertz CT molecular complexity index is 259. The van der Waals surface area contributed by atoms with Gasteiger partial charge in [0, 0.05) is 0 Å². The third-order valence-electron chi connectivity index (χ3n) is 2.03. The van der Waals surface area contributed by atoms with Gasteiger partial charge in [-0.1, -0.05) is 44.5 Å². The maximum atomic E-state index is 5.75. The van der Waals surface area contributed by atoms with E-state index < -0.39 is 0 Å². The number of fused-ring (bicyclic) bond motifs is 1. The van der Waals surface area contributed by atoms with Crippen LogP contribution < -0.4 is 16.8 Å². The van der Waals surface area contributed by atoms with Crippen LogP contribution >= 0.6 is 0 Å². The van der Waals surface area contributed by atoms with Gasteiger partial charge >= 0.3 is 0 Å².